The first kappa shape index (κ1) is 15.5. The number of methoxy groups -OCH3 is 1. The Bertz CT molecular complexity index is 392. The third-order valence-electron chi connectivity index (χ3n) is 3.19. The highest BCUT2D eigenvalue weighted by molar-refractivity contribution is 5.76. The second-order valence-corrected chi connectivity index (χ2v) is 4.53. The lowest BCUT2D eigenvalue weighted by molar-refractivity contribution is -0.121. The molecule has 1 rings (SSSR count). The summed E-state index contributed by atoms with van der Waals surface area (Å²) in [5.41, 5.74) is 6.90. The number of rotatable bonds is 7. The van der Waals surface area contributed by atoms with Crippen molar-refractivity contribution in [3.8, 4) is 5.75 Å². The Balaban J connectivity index is 2.59. The first-order valence-electron chi connectivity index (χ1n) is 6.34. The average molecular weight is 265 g/mol. The highest BCUT2D eigenvalue weighted by Crippen LogP contribution is 2.14. The van der Waals surface area contributed by atoms with E-state index in [9.17, 15) is 4.79 Å². The minimum absolute atomic E-state index is 0.0111. The molecule has 0 aliphatic carbocycles. The smallest absolute Gasteiger partial charge is 0.221 e. The molecule has 0 radical (unpaired) electrons. The van der Waals surface area contributed by atoms with Crippen LogP contribution in [-0.2, 0) is 11.3 Å². The van der Waals surface area contributed by atoms with E-state index in [1.54, 1.807) is 14.2 Å². The van der Waals surface area contributed by atoms with Crippen LogP contribution < -0.4 is 15.8 Å². The van der Waals surface area contributed by atoms with Crippen molar-refractivity contribution in [2.24, 2.45) is 5.73 Å². The van der Waals surface area contributed by atoms with Gasteiger partial charge in [0.05, 0.1) is 7.11 Å². The largest absolute Gasteiger partial charge is 0.497 e. The van der Waals surface area contributed by atoms with Crippen LogP contribution in [-0.4, -0.2) is 44.6 Å². The second kappa shape index (κ2) is 7.76. The summed E-state index contributed by atoms with van der Waals surface area (Å²) in [7, 11) is 5.26. The lowest BCUT2D eigenvalue weighted by atomic mass is 10.1. The van der Waals surface area contributed by atoms with Gasteiger partial charge in [-0.15, -0.1) is 0 Å². The Hall–Kier alpha value is -1.59. The van der Waals surface area contributed by atoms with Gasteiger partial charge in [0.25, 0.3) is 0 Å². The molecule has 0 aliphatic heterocycles. The third-order valence-corrected chi connectivity index (χ3v) is 3.19. The van der Waals surface area contributed by atoms with Crippen molar-refractivity contribution in [1.29, 1.82) is 0 Å². The zero-order valence-corrected chi connectivity index (χ0v) is 11.8. The second-order valence-electron chi connectivity index (χ2n) is 4.53. The Kier molecular flexibility index (Phi) is 6.32. The molecule has 0 heterocycles. The van der Waals surface area contributed by atoms with Crippen molar-refractivity contribution in [2.45, 2.75) is 19.0 Å². The van der Waals surface area contributed by atoms with Gasteiger partial charge in [-0.25, -0.2) is 0 Å². The van der Waals surface area contributed by atoms with E-state index in [4.69, 9.17) is 10.5 Å². The predicted octanol–water partition coefficient (Wildman–Crippen LogP) is 0.590. The number of benzene rings is 1. The Morgan fingerprint density at radius 2 is 2.05 bits per heavy atom. The molecule has 0 fully saturated rings. The van der Waals surface area contributed by atoms with Crippen LogP contribution in [0.1, 0.15) is 12.0 Å². The van der Waals surface area contributed by atoms with Gasteiger partial charge in [-0.2, -0.15) is 0 Å². The van der Waals surface area contributed by atoms with Crippen LogP contribution >= 0.6 is 0 Å². The number of ether oxygens (including phenoxy) is 1. The molecule has 1 aromatic carbocycles. The van der Waals surface area contributed by atoms with Gasteiger partial charge in [0, 0.05) is 32.6 Å². The van der Waals surface area contributed by atoms with E-state index in [2.05, 4.69) is 10.2 Å². The van der Waals surface area contributed by atoms with Crippen molar-refractivity contribution in [2.75, 3.05) is 27.7 Å². The lowest BCUT2D eigenvalue weighted by Gasteiger charge is -2.26. The zero-order valence-electron chi connectivity index (χ0n) is 11.8. The fourth-order valence-electron chi connectivity index (χ4n) is 1.88. The monoisotopic (exact) mass is 265 g/mol. The van der Waals surface area contributed by atoms with Gasteiger partial charge in [-0.3, -0.25) is 9.69 Å². The summed E-state index contributed by atoms with van der Waals surface area (Å²) in [6.45, 7) is 1.21. The molecule has 1 amide bonds. The van der Waals surface area contributed by atoms with Crippen molar-refractivity contribution in [1.82, 2.24) is 10.2 Å². The SMILES string of the molecule is CNC(=O)CC(CN)N(C)Cc1ccc(OC)cc1. The number of amides is 1. The molecule has 0 saturated carbocycles. The molecule has 0 aromatic heterocycles. The highest BCUT2D eigenvalue weighted by Gasteiger charge is 2.16. The minimum Gasteiger partial charge on any atom is -0.497 e. The first-order chi connectivity index (χ1) is 9.10. The Morgan fingerprint density at radius 3 is 2.53 bits per heavy atom. The summed E-state index contributed by atoms with van der Waals surface area (Å²) in [6.07, 6.45) is 0.416. The minimum atomic E-state index is 0.0111. The summed E-state index contributed by atoms with van der Waals surface area (Å²) in [5.74, 6) is 0.851. The van der Waals surface area contributed by atoms with Gasteiger partial charge in [0.15, 0.2) is 0 Å². The van der Waals surface area contributed by atoms with E-state index in [0.29, 0.717) is 13.0 Å². The molecule has 1 atom stereocenters. The summed E-state index contributed by atoms with van der Waals surface area (Å²) < 4.78 is 5.12. The van der Waals surface area contributed by atoms with E-state index < -0.39 is 0 Å². The Morgan fingerprint density at radius 1 is 1.42 bits per heavy atom. The van der Waals surface area contributed by atoms with Gasteiger partial charge in [0.1, 0.15) is 5.75 Å². The molecular weight excluding hydrogens is 242 g/mol. The molecule has 3 N–H and O–H groups in total. The summed E-state index contributed by atoms with van der Waals surface area (Å²) >= 11 is 0. The molecule has 0 aliphatic rings. The van der Waals surface area contributed by atoms with Gasteiger partial charge >= 0.3 is 0 Å². The standard InChI is InChI=1S/C14H23N3O2/c1-16-14(18)8-12(9-15)17(2)10-11-4-6-13(19-3)7-5-11/h4-7,12H,8-10,15H2,1-3H3,(H,16,18). The van der Waals surface area contributed by atoms with Crippen molar-refractivity contribution in [3.05, 3.63) is 29.8 Å². The predicted molar refractivity (Wildman–Crippen MR) is 76.0 cm³/mol. The van der Waals surface area contributed by atoms with Crippen molar-refractivity contribution >= 4 is 5.91 Å². The van der Waals surface area contributed by atoms with Gasteiger partial charge < -0.3 is 15.8 Å². The number of carbonyl (C=O) groups excluding carboxylic acids is 1. The number of nitrogens with zero attached hydrogens (tertiary/aromatic N) is 1. The van der Waals surface area contributed by atoms with E-state index in [1.807, 2.05) is 31.3 Å². The topological polar surface area (TPSA) is 67.6 Å². The molecule has 0 saturated heterocycles. The Labute approximate surface area is 114 Å². The number of nitrogens with one attached hydrogen (secondary N) is 1. The van der Waals surface area contributed by atoms with Crippen LogP contribution in [0.15, 0.2) is 24.3 Å². The molecule has 0 bridgehead atoms. The maximum Gasteiger partial charge on any atom is 0.221 e. The molecule has 106 valence electrons. The maximum atomic E-state index is 11.4. The van der Waals surface area contributed by atoms with Crippen LogP contribution in [0.5, 0.6) is 5.75 Å². The number of nitrogens with two attached hydrogens (primary N) is 1. The van der Waals surface area contributed by atoms with E-state index in [1.165, 1.54) is 5.56 Å². The molecule has 1 aromatic rings. The number of hydrogen-bond acceptors (Lipinski definition) is 4. The van der Waals surface area contributed by atoms with E-state index in [0.717, 1.165) is 12.3 Å². The maximum absolute atomic E-state index is 11.4. The summed E-state index contributed by atoms with van der Waals surface area (Å²) in [6, 6.07) is 7.94. The molecule has 1 unspecified atom stereocenters. The van der Waals surface area contributed by atoms with Crippen LogP contribution in [0.3, 0.4) is 0 Å². The summed E-state index contributed by atoms with van der Waals surface area (Å²) in [5, 5.41) is 2.63. The average Bonchev–Trinajstić information content (AvgIpc) is 2.45. The molecule has 5 nitrogen and oxygen atoms in total. The van der Waals surface area contributed by atoms with Gasteiger partial charge in [-0.05, 0) is 24.7 Å². The fraction of sp³-hybridized carbons (Fsp3) is 0.500. The number of likely N-dealkylation sites (N-methyl/N-ethyl adjacent to an activating group) is 1. The quantitative estimate of drug-likeness (QED) is 0.757. The van der Waals surface area contributed by atoms with E-state index in [-0.39, 0.29) is 11.9 Å². The molecule has 19 heavy (non-hydrogen) atoms. The number of hydrogen-bond donors (Lipinski definition) is 2. The zero-order chi connectivity index (χ0) is 14.3. The fourth-order valence-corrected chi connectivity index (χ4v) is 1.88. The molecule has 0 spiro atoms. The van der Waals surface area contributed by atoms with Crippen LogP contribution in [0.4, 0.5) is 0 Å². The molecular formula is C14H23N3O2. The first-order valence-corrected chi connectivity index (χ1v) is 6.34. The lowest BCUT2D eigenvalue weighted by Crippen LogP contribution is -2.41. The number of carbonyl (C=O) groups is 1. The van der Waals surface area contributed by atoms with Crippen molar-refractivity contribution < 1.29 is 9.53 Å². The van der Waals surface area contributed by atoms with Crippen LogP contribution in [0.25, 0.3) is 0 Å². The third kappa shape index (κ3) is 4.89. The van der Waals surface area contributed by atoms with Crippen LogP contribution in [0, 0.1) is 0 Å². The van der Waals surface area contributed by atoms with Crippen molar-refractivity contribution in [3.63, 3.8) is 0 Å². The summed E-state index contributed by atoms with van der Waals surface area (Å²) in [4.78, 5) is 13.5. The highest BCUT2D eigenvalue weighted by atomic mass is 16.5. The van der Waals surface area contributed by atoms with E-state index >= 15 is 0 Å². The van der Waals surface area contributed by atoms with Crippen LogP contribution in [0.2, 0.25) is 0 Å². The van der Waals surface area contributed by atoms with Gasteiger partial charge in [0.2, 0.25) is 5.91 Å². The van der Waals surface area contributed by atoms with Gasteiger partial charge in [-0.1, -0.05) is 12.1 Å². The normalized spacial score (nSPS) is 12.3. The molecule has 5 heteroatoms.